The zero-order chi connectivity index (χ0) is 16.1. The Balaban J connectivity index is 2.10. The van der Waals surface area contributed by atoms with Crippen molar-refractivity contribution >= 4 is 16.7 Å². The molecule has 6 nitrogen and oxygen atoms in total. The van der Waals surface area contributed by atoms with E-state index in [1.54, 1.807) is 13.0 Å². The predicted molar refractivity (Wildman–Crippen MR) is 78.5 cm³/mol. The number of halogens is 2. The predicted octanol–water partition coefficient (Wildman–Crippen LogP) is 2.02. The highest BCUT2D eigenvalue weighted by atomic mass is 19.2. The van der Waals surface area contributed by atoms with Crippen molar-refractivity contribution in [2.75, 3.05) is 0 Å². The molecule has 0 aliphatic heterocycles. The largest absolute Gasteiger partial charge is 0.281 e. The molecular weight excluding hydrogens is 304 g/mol. The van der Waals surface area contributed by atoms with Crippen LogP contribution in [-0.4, -0.2) is 24.1 Å². The van der Waals surface area contributed by atoms with E-state index in [-0.39, 0.29) is 5.69 Å². The average molecular weight is 313 g/mol. The maximum Gasteiger partial charge on any atom is 0.266 e. The molecule has 0 unspecified atom stereocenters. The smallest absolute Gasteiger partial charge is 0.266 e. The van der Waals surface area contributed by atoms with Crippen molar-refractivity contribution in [1.29, 1.82) is 0 Å². The molecule has 8 heteroatoms. The Morgan fingerprint density at radius 1 is 1.09 bits per heavy atom. The lowest BCUT2D eigenvalue weighted by atomic mass is 10.2. The van der Waals surface area contributed by atoms with Crippen molar-refractivity contribution in [2.45, 2.75) is 6.92 Å². The highest BCUT2D eigenvalue weighted by molar-refractivity contribution is 5.79. The summed E-state index contributed by atoms with van der Waals surface area (Å²) in [5, 5.41) is 4.35. The summed E-state index contributed by atoms with van der Waals surface area (Å²) >= 11 is 0. The van der Waals surface area contributed by atoms with Gasteiger partial charge >= 0.3 is 0 Å². The van der Waals surface area contributed by atoms with E-state index < -0.39 is 17.2 Å². The van der Waals surface area contributed by atoms with Gasteiger partial charge in [-0.3, -0.25) is 9.36 Å². The van der Waals surface area contributed by atoms with Crippen molar-refractivity contribution in [2.24, 2.45) is 0 Å². The van der Waals surface area contributed by atoms with Gasteiger partial charge in [0.05, 0.1) is 16.6 Å². The van der Waals surface area contributed by atoms with Gasteiger partial charge in [-0.15, -0.1) is 0 Å². The second-order valence-corrected chi connectivity index (χ2v) is 5.05. The van der Waals surface area contributed by atoms with Crippen molar-refractivity contribution < 1.29 is 8.78 Å². The molecule has 0 aliphatic carbocycles. The van der Waals surface area contributed by atoms with Gasteiger partial charge in [0, 0.05) is 18.0 Å². The Labute approximate surface area is 127 Å². The summed E-state index contributed by atoms with van der Waals surface area (Å²) in [6.45, 7) is 1.70. The third kappa shape index (κ3) is 1.91. The van der Waals surface area contributed by atoms with Crippen molar-refractivity contribution in [3.05, 3.63) is 64.5 Å². The van der Waals surface area contributed by atoms with E-state index in [1.165, 1.54) is 27.7 Å². The van der Waals surface area contributed by atoms with Crippen LogP contribution in [0.2, 0.25) is 0 Å². The summed E-state index contributed by atoms with van der Waals surface area (Å²) < 4.78 is 29.4. The monoisotopic (exact) mass is 313 g/mol. The normalized spacial score (nSPS) is 11.4. The molecular formula is C15H9F2N5O. The molecule has 4 rings (SSSR count). The van der Waals surface area contributed by atoms with Crippen LogP contribution in [0.5, 0.6) is 0 Å². The fourth-order valence-electron chi connectivity index (χ4n) is 2.59. The zero-order valence-electron chi connectivity index (χ0n) is 11.9. The molecule has 3 heterocycles. The molecule has 114 valence electrons. The van der Waals surface area contributed by atoms with Gasteiger partial charge in [-0.1, -0.05) is 0 Å². The molecule has 0 radical (unpaired) electrons. The number of aryl methyl sites for hydroxylation is 1. The number of nitrogens with zero attached hydrogens (tertiary/aromatic N) is 5. The van der Waals surface area contributed by atoms with E-state index in [4.69, 9.17) is 0 Å². The van der Waals surface area contributed by atoms with E-state index in [9.17, 15) is 13.6 Å². The number of rotatable bonds is 1. The molecule has 0 saturated carbocycles. The second kappa shape index (κ2) is 4.67. The number of benzene rings is 1. The van der Waals surface area contributed by atoms with Crippen molar-refractivity contribution in [1.82, 2.24) is 24.1 Å². The maximum atomic E-state index is 13.5. The first kappa shape index (κ1) is 13.5. The van der Waals surface area contributed by atoms with Crippen molar-refractivity contribution in [3.63, 3.8) is 0 Å². The van der Waals surface area contributed by atoms with Gasteiger partial charge in [0.2, 0.25) is 0 Å². The van der Waals surface area contributed by atoms with Gasteiger partial charge in [-0.25, -0.2) is 13.8 Å². The van der Waals surface area contributed by atoms with E-state index in [0.29, 0.717) is 22.4 Å². The maximum absolute atomic E-state index is 13.5. The molecule has 23 heavy (non-hydrogen) atoms. The van der Waals surface area contributed by atoms with Crippen LogP contribution in [0, 0.1) is 18.6 Å². The molecule has 0 spiro atoms. The van der Waals surface area contributed by atoms with Crippen LogP contribution in [0.1, 0.15) is 5.69 Å². The van der Waals surface area contributed by atoms with Gasteiger partial charge in [0.1, 0.15) is 6.33 Å². The number of aromatic nitrogens is 5. The summed E-state index contributed by atoms with van der Waals surface area (Å²) in [6.07, 6.45) is 2.75. The third-order valence-corrected chi connectivity index (χ3v) is 3.64. The molecule has 0 saturated heterocycles. The topological polar surface area (TPSA) is 65.1 Å². The molecule has 0 bridgehead atoms. The fourth-order valence-corrected chi connectivity index (χ4v) is 2.59. The highest BCUT2D eigenvalue weighted by Gasteiger charge is 2.13. The summed E-state index contributed by atoms with van der Waals surface area (Å²) in [5.41, 5.74) is 0.952. The van der Waals surface area contributed by atoms with Gasteiger partial charge in [-0.05, 0) is 25.1 Å². The minimum absolute atomic E-state index is 0.243. The third-order valence-electron chi connectivity index (χ3n) is 3.64. The Kier molecular flexibility index (Phi) is 2.74. The molecule has 0 atom stereocenters. The summed E-state index contributed by atoms with van der Waals surface area (Å²) in [5.74, 6) is -1.60. The SMILES string of the molecule is Cc1cc2c(cnc3ncnn32)c(=O)n1-c1ccc(F)c(F)c1. The first-order valence-electron chi connectivity index (χ1n) is 6.73. The lowest BCUT2D eigenvalue weighted by Crippen LogP contribution is -2.22. The Hall–Kier alpha value is -3.16. The Bertz CT molecular complexity index is 1130. The zero-order valence-corrected chi connectivity index (χ0v) is 11.9. The van der Waals surface area contributed by atoms with E-state index in [2.05, 4.69) is 15.1 Å². The van der Waals surface area contributed by atoms with Crippen LogP contribution in [0.3, 0.4) is 0 Å². The second-order valence-electron chi connectivity index (χ2n) is 5.05. The van der Waals surface area contributed by atoms with Crippen LogP contribution in [0.15, 0.2) is 41.6 Å². The number of fused-ring (bicyclic) bond motifs is 3. The molecule has 0 aliphatic rings. The van der Waals surface area contributed by atoms with Crippen LogP contribution in [-0.2, 0) is 0 Å². The number of hydrogen-bond donors (Lipinski definition) is 0. The summed E-state index contributed by atoms with van der Waals surface area (Å²) in [6, 6.07) is 5.04. The van der Waals surface area contributed by atoms with Crippen LogP contribution < -0.4 is 5.56 Å². The quantitative estimate of drug-likeness (QED) is 0.539. The summed E-state index contributed by atoms with van der Waals surface area (Å²) in [4.78, 5) is 20.8. The highest BCUT2D eigenvalue weighted by Crippen LogP contribution is 2.17. The Morgan fingerprint density at radius 2 is 1.91 bits per heavy atom. The lowest BCUT2D eigenvalue weighted by molar-refractivity contribution is 0.508. The lowest BCUT2D eigenvalue weighted by Gasteiger charge is -2.12. The van der Waals surface area contributed by atoms with Gasteiger partial charge in [0.15, 0.2) is 11.6 Å². The molecule has 0 N–H and O–H groups in total. The van der Waals surface area contributed by atoms with Crippen molar-refractivity contribution in [3.8, 4) is 5.69 Å². The fraction of sp³-hybridized carbons (Fsp3) is 0.0667. The van der Waals surface area contributed by atoms with E-state index in [0.717, 1.165) is 12.1 Å². The summed E-state index contributed by atoms with van der Waals surface area (Å²) in [7, 11) is 0. The molecule has 4 aromatic rings. The number of hydrogen-bond acceptors (Lipinski definition) is 4. The number of pyridine rings is 1. The van der Waals surface area contributed by atoms with Gasteiger partial charge in [-0.2, -0.15) is 14.6 Å². The van der Waals surface area contributed by atoms with Gasteiger partial charge in [0.25, 0.3) is 11.3 Å². The van der Waals surface area contributed by atoms with Gasteiger partial charge < -0.3 is 0 Å². The molecule has 0 fully saturated rings. The molecule has 0 amide bonds. The van der Waals surface area contributed by atoms with Crippen LogP contribution >= 0.6 is 0 Å². The first-order valence-corrected chi connectivity index (χ1v) is 6.73. The van der Waals surface area contributed by atoms with Crippen LogP contribution in [0.25, 0.3) is 22.4 Å². The standard InChI is InChI=1S/C15H9F2N5O/c1-8-4-13-10(6-18-15-19-7-20-22(13)15)14(23)21(8)9-2-3-11(16)12(17)5-9/h2-7H,1H3. The molecule has 1 aromatic carbocycles. The van der Waals surface area contributed by atoms with E-state index in [1.807, 2.05) is 0 Å². The molecule has 3 aromatic heterocycles. The minimum atomic E-state index is -1.02. The minimum Gasteiger partial charge on any atom is -0.281 e. The Morgan fingerprint density at radius 3 is 2.70 bits per heavy atom. The average Bonchev–Trinajstić information content (AvgIpc) is 2.99. The van der Waals surface area contributed by atoms with E-state index >= 15 is 0 Å². The first-order chi connectivity index (χ1) is 11.1. The van der Waals surface area contributed by atoms with Crippen LogP contribution in [0.4, 0.5) is 8.78 Å².